The van der Waals surface area contributed by atoms with Crippen LogP contribution in [-0.2, 0) is 5.41 Å². The second-order valence-corrected chi connectivity index (χ2v) is 9.28. The fourth-order valence-electron chi connectivity index (χ4n) is 5.97. The molecule has 2 aromatic rings. The topological polar surface area (TPSA) is 70.7 Å². The third kappa shape index (κ3) is 2.17. The van der Waals surface area contributed by atoms with E-state index in [2.05, 4.69) is 27.7 Å². The van der Waals surface area contributed by atoms with Gasteiger partial charge in [0.15, 0.2) is 17.8 Å². The Bertz CT molecular complexity index is 891. The van der Waals surface area contributed by atoms with Gasteiger partial charge < -0.3 is 14.6 Å². The minimum atomic E-state index is -0.394. The molecule has 2 aliphatic rings. The second kappa shape index (κ2) is 5.51. The standard InChI is InChI=1S/C22H28O4/c1-12-6-7-16-21(2,3)8-5-9-22(16,4)17-13-10-15(24)18(25)14(11-23)20(13)26-19(12)17/h10-12,16,24-25H,5-9H2,1-4H3/t12-,16-,22-/m0/s1. The monoisotopic (exact) mass is 356 g/mol. The highest BCUT2D eigenvalue weighted by atomic mass is 16.3. The van der Waals surface area contributed by atoms with Gasteiger partial charge in [0, 0.05) is 16.9 Å². The average Bonchev–Trinajstić information content (AvgIpc) is 2.89. The van der Waals surface area contributed by atoms with E-state index >= 15 is 0 Å². The molecule has 0 saturated heterocycles. The number of hydrogen-bond acceptors (Lipinski definition) is 4. The summed E-state index contributed by atoms with van der Waals surface area (Å²) in [6.07, 6.45) is 6.23. The molecule has 26 heavy (non-hydrogen) atoms. The first-order valence-corrected chi connectivity index (χ1v) is 9.67. The maximum absolute atomic E-state index is 11.6. The lowest BCUT2D eigenvalue weighted by molar-refractivity contribution is 0.0504. The van der Waals surface area contributed by atoms with E-state index in [9.17, 15) is 15.0 Å². The maximum atomic E-state index is 11.6. The van der Waals surface area contributed by atoms with Gasteiger partial charge in [0.2, 0.25) is 0 Å². The molecule has 0 spiro atoms. The molecule has 140 valence electrons. The van der Waals surface area contributed by atoms with Crippen molar-refractivity contribution in [3.05, 3.63) is 23.0 Å². The van der Waals surface area contributed by atoms with Crippen molar-refractivity contribution in [2.45, 2.75) is 71.1 Å². The van der Waals surface area contributed by atoms with Crippen LogP contribution in [0.3, 0.4) is 0 Å². The minimum absolute atomic E-state index is 0.0514. The summed E-state index contributed by atoms with van der Waals surface area (Å²) in [6.45, 7) is 9.24. The fourth-order valence-corrected chi connectivity index (χ4v) is 5.97. The number of hydrogen-bond donors (Lipinski definition) is 2. The Kier molecular flexibility index (Phi) is 3.70. The lowest BCUT2D eigenvalue weighted by atomic mass is 9.53. The van der Waals surface area contributed by atoms with E-state index < -0.39 is 5.75 Å². The number of carbonyl (C=O) groups excluding carboxylic acids is 1. The Hall–Kier alpha value is -1.97. The number of phenolic OH excluding ortho intramolecular Hbond substituents is 2. The van der Waals surface area contributed by atoms with E-state index in [1.807, 2.05) is 0 Å². The van der Waals surface area contributed by atoms with Crippen LogP contribution in [0, 0.1) is 11.3 Å². The van der Waals surface area contributed by atoms with Crippen LogP contribution in [0.5, 0.6) is 11.5 Å². The molecule has 0 amide bonds. The smallest absolute Gasteiger partial charge is 0.172 e. The first kappa shape index (κ1) is 17.4. The highest BCUT2D eigenvalue weighted by molar-refractivity contribution is 6.01. The molecule has 4 nitrogen and oxygen atoms in total. The highest BCUT2D eigenvalue weighted by Gasteiger charge is 2.51. The van der Waals surface area contributed by atoms with Crippen molar-refractivity contribution in [1.29, 1.82) is 0 Å². The summed E-state index contributed by atoms with van der Waals surface area (Å²) in [5, 5.41) is 21.1. The van der Waals surface area contributed by atoms with Crippen LogP contribution in [0.25, 0.3) is 11.0 Å². The largest absolute Gasteiger partial charge is 0.504 e. The normalized spacial score (nSPS) is 30.5. The van der Waals surface area contributed by atoms with Crippen molar-refractivity contribution >= 4 is 17.3 Å². The van der Waals surface area contributed by atoms with Crippen LogP contribution in [-0.4, -0.2) is 16.5 Å². The number of fused-ring (bicyclic) bond motifs is 5. The summed E-state index contributed by atoms with van der Waals surface area (Å²) >= 11 is 0. The summed E-state index contributed by atoms with van der Waals surface area (Å²) in [6, 6.07) is 1.59. The molecule has 2 N–H and O–H groups in total. The minimum Gasteiger partial charge on any atom is -0.504 e. The molecule has 3 atom stereocenters. The first-order valence-electron chi connectivity index (χ1n) is 9.67. The van der Waals surface area contributed by atoms with Crippen LogP contribution in [0.1, 0.15) is 87.4 Å². The third-order valence-electron chi connectivity index (χ3n) is 7.25. The summed E-state index contributed by atoms with van der Waals surface area (Å²) in [5.41, 5.74) is 1.79. The summed E-state index contributed by atoms with van der Waals surface area (Å²) in [4.78, 5) is 11.6. The highest BCUT2D eigenvalue weighted by Crippen LogP contribution is 2.60. The van der Waals surface area contributed by atoms with E-state index in [0.717, 1.165) is 42.4 Å². The fraction of sp³-hybridized carbons (Fsp3) is 0.591. The summed E-state index contributed by atoms with van der Waals surface area (Å²) < 4.78 is 6.22. The molecule has 1 aromatic heterocycles. The van der Waals surface area contributed by atoms with Gasteiger partial charge in [0.25, 0.3) is 0 Å². The van der Waals surface area contributed by atoms with Gasteiger partial charge in [-0.15, -0.1) is 0 Å². The number of furan rings is 1. The number of benzene rings is 1. The quantitative estimate of drug-likeness (QED) is 0.512. The lowest BCUT2D eigenvalue weighted by Crippen LogP contribution is -2.44. The van der Waals surface area contributed by atoms with E-state index in [-0.39, 0.29) is 28.1 Å². The van der Waals surface area contributed by atoms with Gasteiger partial charge in [-0.1, -0.05) is 34.1 Å². The number of aromatic hydroxyl groups is 2. The predicted molar refractivity (Wildman–Crippen MR) is 101 cm³/mol. The van der Waals surface area contributed by atoms with Crippen molar-refractivity contribution in [2.24, 2.45) is 11.3 Å². The van der Waals surface area contributed by atoms with Gasteiger partial charge in [-0.25, -0.2) is 0 Å². The molecule has 1 heterocycles. The molecule has 1 saturated carbocycles. The molecule has 1 fully saturated rings. The van der Waals surface area contributed by atoms with Crippen molar-refractivity contribution in [2.75, 3.05) is 0 Å². The zero-order valence-electron chi connectivity index (χ0n) is 16.1. The van der Waals surface area contributed by atoms with Gasteiger partial charge in [-0.05, 0) is 48.5 Å². The molecule has 0 aliphatic heterocycles. The molecular formula is C22H28O4. The first-order chi connectivity index (χ1) is 12.2. The molecule has 4 heteroatoms. The van der Waals surface area contributed by atoms with Gasteiger partial charge in [-0.2, -0.15) is 0 Å². The molecule has 4 rings (SSSR count). The second-order valence-electron chi connectivity index (χ2n) is 9.28. The third-order valence-corrected chi connectivity index (χ3v) is 7.25. The van der Waals surface area contributed by atoms with E-state index in [1.54, 1.807) is 6.07 Å². The number of aldehydes is 1. The van der Waals surface area contributed by atoms with E-state index in [0.29, 0.717) is 17.8 Å². The Morgan fingerprint density at radius 2 is 1.92 bits per heavy atom. The van der Waals surface area contributed by atoms with Crippen molar-refractivity contribution in [1.82, 2.24) is 0 Å². The zero-order valence-corrected chi connectivity index (χ0v) is 16.1. The Labute approximate surface area is 154 Å². The van der Waals surface area contributed by atoms with Crippen molar-refractivity contribution in [3.63, 3.8) is 0 Å². The number of rotatable bonds is 1. The molecule has 0 bridgehead atoms. The zero-order chi connectivity index (χ0) is 18.9. The Morgan fingerprint density at radius 1 is 1.19 bits per heavy atom. The number of carbonyl (C=O) groups is 1. The average molecular weight is 356 g/mol. The Balaban J connectivity index is 2.09. The van der Waals surface area contributed by atoms with Crippen molar-refractivity contribution in [3.8, 4) is 11.5 Å². The van der Waals surface area contributed by atoms with Gasteiger partial charge in [0.1, 0.15) is 16.9 Å². The van der Waals surface area contributed by atoms with Crippen LogP contribution >= 0.6 is 0 Å². The molecule has 0 unspecified atom stereocenters. The molecule has 1 aromatic carbocycles. The number of phenols is 2. The summed E-state index contributed by atoms with van der Waals surface area (Å²) in [5.74, 6) is 1.05. The molecule has 2 aliphatic carbocycles. The lowest BCUT2D eigenvalue weighted by Gasteiger charge is -2.50. The van der Waals surface area contributed by atoms with Crippen LogP contribution in [0.15, 0.2) is 10.5 Å². The van der Waals surface area contributed by atoms with Gasteiger partial charge >= 0.3 is 0 Å². The van der Waals surface area contributed by atoms with Gasteiger partial charge in [-0.3, -0.25) is 4.79 Å². The maximum Gasteiger partial charge on any atom is 0.172 e. The predicted octanol–water partition coefficient (Wildman–Crippen LogP) is 5.64. The van der Waals surface area contributed by atoms with Gasteiger partial charge in [0.05, 0.1) is 0 Å². The van der Waals surface area contributed by atoms with Crippen LogP contribution in [0.4, 0.5) is 0 Å². The van der Waals surface area contributed by atoms with Crippen LogP contribution < -0.4 is 0 Å². The van der Waals surface area contributed by atoms with E-state index in [1.165, 1.54) is 6.42 Å². The van der Waals surface area contributed by atoms with Crippen LogP contribution in [0.2, 0.25) is 0 Å². The van der Waals surface area contributed by atoms with E-state index in [4.69, 9.17) is 4.42 Å². The molecule has 0 radical (unpaired) electrons. The summed E-state index contributed by atoms with van der Waals surface area (Å²) in [7, 11) is 0. The Morgan fingerprint density at radius 3 is 2.62 bits per heavy atom. The van der Waals surface area contributed by atoms with Crippen molar-refractivity contribution < 1.29 is 19.4 Å². The SMILES string of the molecule is C[C@H]1CC[C@H]2C(C)(C)CCC[C@]2(C)c2c1oc1c(C=O)c(O)c(O)cc21. The molecular weight excluding hydrogens is 328 g/mol.